The van der Waals surface area contributed by atoms with Gasteiger partial charge in [0.15, 0.2) is 0 Å². The Labute approximate surface area is 183 Å². The van der Waals surface area contributed by atoms with Crippen LogP contribution in [-0.2, 0) is 0 Å². The minimum atomic E-state index is 1.10. The van der Waals surface area contributed by atoms with Crippen LogP contribution in [0, 0.1) is 0 Å². The Balaban J connectivity index is 1.68. The first-order valence-electron chi connectivity index (χ1n) is 10.1. The molecule has 6 aromatic rings. The standard InChI is InChI=1S/C28H18BrN/c29-22-13-17-27-26(18-22)25-16-12-21-8-4-5-9-24(21)28(25)30(27)23-14-10-20(11-15-23)19-6-2-1-3-7-19/h1-18H. The molecule has 1 nitrogen and oxygen atoms in total. The third-order valence-electron chi connectivity index (χ3n) is 5.85. The number of aromatic nitrogens is 1. The average Bonchev–Trinajstić information content (AvgIpc) is 3.14. The van der Waals surface area contributed by atoms with Gasteiger partial charge in [-0.2, -0.15) is 0 Å². The van der Waals surface area contributed by atoms with Gasteiger partial charge in [-0.3, -0.25) is 0 Å². The number of benzene rings is 5. The van der Waals surface area contributed by atoms with E-state index in [9.17, 15) is 0 Å². The Hall–Kier alpha value is -3.36. The van der Waals surface area contributed by atoms with E-state index in [1.165, 1.54) is 49.4 Å². The average molecular weight is 448 g/mol. The second-order valence-electron chi connectivity index (χ2n) is 7.59. The normalized spacial score (nSPS) is 11.5. The molecule has 30 heavy (non-hydrogen) atoms. The van der Waals surface area contributed by atoms with Gasteiger partial charge in [-0.1, -0.05) is 94.8 Å². The van der Waals surface area contributed by atoms with Crippen LogP contribution >= 0.6 is 15.9 Å². The summed E-state index contributed by atoms with van der Waals surface area (Å²) in [6.07, 6.45) is 0. The van der Waals surface area contributed by atoms with E-state index in [1.54, 1.807) is 0 Å². The summed E-state index contributed by atoms with van der Waals surface area (Å²) in [6.45, 7) is 0. The molecule has 0 saturated carbocycles. The minimum absolute atomic E-state index is 1.10. The van der Waals surface area contributed by atoms with E-state index < -0.39 is 0 Å². The topological polar surface area (TPSA) is 4.93 Å². The van der Waals surface area contributed by atoms with Crippen molar-refractivity contribution in [1.82, 2.24) is 4.57 Å². The molecule has 0 aliphatic heterocycles. The van der Waals surface area contributed by atoms with Crippen LogP contribution in [0.4, 0.5) is 0 Å². The molecule has 0 bridgehead atoms. The second kappa shape index (κ2) is 6.86. The Morgan fingerprint density at radius 2 is 1.27 bits per heavy atom. The van der Waals surface area contributed by atoms with Crippen LogP contribution in [0.3, 0.4) is 0 Å². The van der Waals surface area contributed by atoms with Gasteiger partial charge in [-0.25, -0.2) is 0 Å². The molecule has 0 fully saturated rings. The zero-order chi connectivity index (χ0) is 20.1. The van der Waals surface area contributed by atoms with Crippen molar-refractivity contribution in [3.05, 3.63) is 114 Å². The molecule has 0 atom stereocenters. The molecule has 0 amide bonds. The van der Waals surface area contributed by atoms with Crippen LogP contribution in [0.15, 0.2) is 114 Å². The summed E-state index contributed by atoms with van der Waals surface area (Å²) in [5.41, 5.74) is 6.12. The third kappa shape index (κ3) is 2.68. The number of halogens is 1. The Morgan fingerprint density at radius 3 is 2.10 bits per heavy atom. The van der Waals surface area contributed by atoms with Crippen molar-refractivity contribution in [2.45, 2.75) is 0 Å². The summed E-state index contributed by atoms with van der Waals surface area (Å²) < 4.78 is 3.50. The van der Waals surface area contributed by atoms with Crippen molar-refractivity contribution < 1.29 is 0 Å². The van der Waals surface area contributed by atoms with E-state index >= 15 is 0 Å². The predicted molar refractivity (Wildman–Crippen MR) is 131 cm³/mol. The molecule has 0 spiro atoms. The number of nitrogens with zero attached hydrogens (tertiary/aromatic N) is 1. The lowest BCUT2D eigenvalue weighted by atomic mass is 10.0. The molecule has 1 aromatic heterocycles. The van der Waals surface area contributed by atoms with Crippen molar-refractivity contribution >= 4 is 48.5 Å². The summed E-state index contributed by atoms with van der Waals surface area (Å²) in [4.78, 5) is 0. The molecular formula is C28H18BrN. The van der Waals surface area contributed by atoms with Crippen molar-refractivity contribution in [2.75, 3.05) is 0 Å². The molecule has 142 valence electrons. The predicted octanol–water partition coefficient (Wildman–Crippen LogP) is 8.37. The highest BCUT2D eigenvalue weighted by atomic mass is 79.9. The molecule has 0 N–H and O–H groups in total. The fraction of sp³-hybridized carbons (Fsp3) is 0. The molecule has 0 aliphatic carbocycles. The van der Waals surface area contributed by atoms with E-state index in [2.05, 4.69) is 130 Å². The van der Waals surface area contributed by atoms with Crippen molar-refractivity contribution in [2.24, 2.45) is 0 Å². The van der Waals surface area contributed by atoms with E-state index in [-0.39, 0.29) is 0 Å². The SMILES string of the molecule is Brc1ccc2c(c1)c1ccc3ccccc3c1n2-c1ccc(-c2ccccc2)cc1. The highest BCUT2D eigenvalue weighted by Crippen LogP contribution is 2.37. The van der Waals surface area contributed by atoms with Crippen molar-refractivity contribution in [3.8, 4) is 16.8 Å². The summed E-state index contributed by atoms with van der Waals surface area (Å²) in [7, 11) is 0. The quantitative estimate of drug-likeness (QED) is 0.251. The fourth-order valence-corrected chi connectivity index (χ4v) is 4.82. The van der Waals surface area contributed by atoms with Crippen LogP contribution in [-0.4, -0.2) is 4.57 Å². The summed E-state index contributed by atoms with van der Waals surface area (Å²) >= 11 is 3.66. The van der Waals surface area contributed by atoms with Gasteiger partial charge < -0.3 is 4.57 Å². The van der Waals surface area contributed by atoms with E-state index in [1.807, 2.05) is 0 Å². The third-order valence-corrected chi connectivity index (χ3v) is 6.34. The molecular weight excluding hydrogens is 430 g/mol. The van der Waals surface area contributed by atoms with Gasteiger partial charge in [0.1, 0.15) is 0 Å². The Bertz CT molecular complexity index is 1530. The van der Waals surface area contributed by atoms with Crippen LogP contribution in [0.5, 0.6) is 0 Å². The van der Waals surface area contributed by atoms with Gasteiger partial charge >= 0.3 is 0 Å². The molecule has 0 unspecified atom stereocenters. The van der Waals surface area contributed by atoms with E-state index in [0.29, 0.717) is 0 Å². The minimum Gasteiger partial charge on any atom is -0.309 e. The number of rotatable bonds is 2. The zero-order valence-corrected chi connectivity index (χ0v) is 17.8. The van der Waals surface area contributed by atoms with Crippen molar-refractivity contribution in [1.29, 1.82) is 0 Å². The molecule has 2 heteroatoms. The molecule has 0 aliphatic rings. The number of hydrogen-bond acceptors (Lipinski definition) is 0. The van der Waals surface area contributed by atoms with Gasteiger partial charge in [0.05, 0.1) is 11.0 Å². The van der Waals surface area contributed by atoms with Gasteiger partial charge in [0.25, 0.3) is 0 Å². The molecule has 5 aromatic carbocycles. The second-order valence-corrected chi connectivity index (χ2v) is 8.51. The summed E-state index contributed by atoms with van der Waals surface area (Å²) in [6, 6.07) is 39.1. The first kappa shape index (κ1) is 17.5. The lowest BCUT2D eigenvalue weighted by Gasteiger charge is -2.11. The summed E-state index contributed by atoms with van der Waals surface area (Å²) in [5.74, 6) is 0. The lowest BCUT2D eigenvalue weighted by molar-refractivity contribution is 1.19. The first-order valence-corrected chi connectivity index (χ1v) is 10.9. The van der Waals surface area contributed by atoms with Crippen LogP contribution in [0.2, 0.25) is 0 Å². The lowest BCUT2D eigenvalue weighted by Crippen LogP contribution is -1.94. The maximum atomic E-state index is 3.66. The van der Waals surface area contributed by atoms with Gasteiger partial charge in [-0.15, -0.1) is 0 Å². The van der Waals surface area contributed by atoms with Gasteiger partial charge in [-0.05, 0) is 46.8 Å². The summed E-state index contributed by atoms with van der Waals surface area (Å²) in [5, 5.41) is 5.07. The van der Waals surface area contributed by atoms with Crippen LogP contribution in [0.1, 0.15) is 0 Å². The van der Waals surface area contributed by atoms with Gasteiger partial charge in [0, 0.05) is 26.3 Å². The Morgan fingerprint density at radius 1 is 0.533 bits per heavy atom. The molecule has 1 heterocycles. The molecule has 0 radical (unpaired) electrons. The monoisotopic (exact) mass is 447 g/mol. The highest BCUT2D eigenvalue weighted by molar-refractivity contribution is 9.10. The van der Waals surface area contributed by atoms with E-state index in [0.717, 1.165) is 4.47 Å². The largest absolute Gasteiger partial charge is 0.309 e. The molecule has 0 saturated heterocycles. The number of hydrogen-bond donors (Lipinski definition) is 0. The maximum absolute atomic E-state index is 3.66. The number of fused-ring (bicyclic) bond motifs is 5. The van der Waals surface area contributed by atoms with Gasteiger partial charge in [0.2, 0.25) is 0 Å². The van der Waals surface area contributed by atoms with E-state index in [4.69, 9.17) is 0 Å². The molecule has 6 rings (SSSR count). The fourth-order valence-electron chi connectivity index (χ4n) is 4.45. The first-order chi connectivity index (χ1) is 14.8. The van der Waals surface area contributed by atoms with Crippen LogP contribution in [0.25, 0.3) is 49.4 Å². The highest BCUT2D eigenvalue weighted by Gasteiger charge is 2.15. The maximum Gasteiger partial charge on any atom is 0.0619 e. The zero-order valence-electron chi connectivity index (χ0n) is 16.2. The Kier molecular flexibility index (Phi) is 4.00. The smallest absolute Gasteiger partial charge is 0.0619 e. The van der Waals surface area contributed by atoms with Crippen molar-refractivity contribution in [3.63, 3.8) is 0 Å². The van der Waals surface area contributed by atoms with Crippen LogP contribution < -0.4 is 0 Å².